The molecule has 0 spiro atoms. The number of benzene rings is 1. The van der Waals surface area contributed by atoms with Crippen LogP contribution in [0.15, 0.2) is 33.9 Å². The Bertz CT molecular complexity index is 950. The SMILES string of the molecule is Cn1c(=O)c([N+](=O)[O-])c2sc3ccccc3n2c1=O. The normalized spacial score (nSPS) is 11.2. The van der Waals surface area contributed by atoms with E-state index >= 15 is 0 Å². The van der Waals surface area contributed by atoms with Crippen LogP contribution in [0, 0.1) is 10.1 Å². The second kappa shape index (κ2) is 3.75. The van der Waals surface area contributed by atoms with Gasteiger partial charge in [0.05, 0.1) is 15.1 Å². The maximum atomic E-state index is 12.1. The predicted molar refractivity (Wildman–Crippen MR) is 70.9 cm³/mol. The van der Waals surface area contributed by atoms with Crippen molar-refractivity contribution in [2.24, 2.45) is 7.05 Å². The van der Waals surface area contributed by atoms with Crippen LogP contribution in [0.3, 0.4) is 0 Å². The quantitative estimate of drug-likeness (QED) is 0.492. The lowest BCUT2D eigenvalue weighted by Crippen LogP contribution is -2.35. The molecule has 3 aromatic rings. The van der Waals surface area contributed by atoms with Gasteiger partial charge in [0.2, 0.25) is 0 Å². The summed E-state index contributed by atoms with van der Waals surface area (Å²) < 4.78 is 2.68. The minimum absolute atomic E-state index is 0.0688. The zero-order valence-electron chi connectivity index (χ0n) is 9.69. The van der Waals surface area contributed by atoms with Crippen molar-refractivity contribution in [2.45, 2.75) is 0 Å². The first-order valence-electron chi connectivity index (χ1n) is 5.30. The molecule has 0 amide bonds. The van der Waals surface area contributed by atoms with Gasteiger partial charge >= 0.3 is 16.9 Å². The van der Waals surface area contributed by atoms with Crippen LogP contribution in [-0.2, 0) is 7.05 Å². The van der Waals surface area contributed by atoms with Crippen molar-refractivity contribution in [1.29, 1.82) is 0 Å². The summed E-state index contributed by atoms with van der Waals surface area (Å²) in [6.07, 6.45) is 0. The van der Waals surface area contributed by atoms with E-state index in [1.165, 1.54) is 11.4 Å². The fraction of sp³-hybridized carbons (Fsp3) is 0.0909. The van der Waals surface area contributed by atoms with E-state index < -0.39 is 21.9 Å². The molecule has 0 saturated carbocycles. The maximum absolute atomic E-state index is 12.1. The minimum atomic E-state index is -0.887. The Morgan fingerprint density at radius 1 is 1.26 bits per heavy atom. The van der Waals surface area contributed by atoms with Crippen molar-refractivity contribution < 1.29 is 4.92 Å². The van der Waals surface area contributed by atoms with Crippen LogP contribution in [0.1, 0.15) is 0 Å². The number of thiazole rings is 1. The highest BCUT2D eigenvalue weighted by Crippen LogP contribution is 2.28. The minimum Gasteiger partial charge on any atom is -0.261 e. The van der Waals surface area contributed by atoms with Gasteiger partial charge in [-0.05, 0) is 12.1 Å². The average molecular weight is 277 g/mol. The van der Waals surface area contributed by atoms with Gasteiger partial charge in [0.15, 0.2) is 4.83 Å². The summed E-state index contributed by atoms with van der Waals surface area (Å²) in [6.45, 7) is 0. The highest BCUT2D eigenvalue weighted by Gasteiger charge is 2.25. The Hall–Kier alpha value is -2.48. The molecule has 2 heterocycles. The molecule has 0 unspecified atom stereocenters. The molecule has 0 radical (unpaired) electrons. The zero-order valence-corrected chi connectivity index (χ0v) is 10.5. The third-order valence-corrected chi connectivity index (χ3v) is 4.02. The Morgan fingerprint density at radius 2 is 1.95 bits per heavy atom. The van der Waals surface area contributed by atoms with E-state index in [0.717, 1.165) is 15.9 Å². The summed E-state index contributed by atoms with van der Waals surface area (Å²) in [5.74, 6) is 0. The van der Waals surface area contributed by atoms with Crippen molar-refractivity contribution in [2.75, 3.05) is 0 Å². The molecule has 0 bridgehead atoms. The summed E-state index contributed by atoms with van der Waals surface area (Å²) in [4.78, 5) is 34.3. The first-order chi connectivity index (χ1) is 9.02. The van der Waals surface area contributed by atoms with Crippen molar-refractivity contribution in [1.82, 2.24) is 8.97 Å². The predicted octanol–water partition coefficient (Wildman–Crippen LogP) is 1.12. The molecule has 19 heavy (non-hydrogen) atoms. The largest absolute Gasteiger partial charge is 0.368 e. The van der Waals surface area contributed by atoms with E-state index in [4.69, 9.17) is 0 Å². The van der Waals surface area contributed by atoms with E-state index in [9.17, 15) is 19.7 Å². The van der Waals surface area contributed by atoms with Crippen LogP contribution in [0.2, 0.25) is 0 Å². The van der Waals surface area contributed by atoms with Crippen LogP contribution in [0.4, 0.5) is 5.69 Å². The number of hydrogen-bond acceptors (Lipinski definition) is 5. The summed E-state index contributed by atoms with van der Waals surface area (Å²) in [6, 6.07) is 6.94. The first kappa shape index (κ1) is 11.6. The number of nitrogens with zero attached hydrogens (tertiary/aromatic N) is 3. The standard InChI is InChI=1S/C11H7N3O4S/c1-12-9(15)8(14(17)18)10-13(11(12)16)6-4-2-3-5-7(6)19-10/h2-5H,1H3. The van der Waals surface area contributed by atoms with Crippen molar-refractivity contribution in [3.05, 3.63) is 55.2 Å². The molecular formula is C11H7N3O4S. The number of fused-ring (bicyclic) bond motifs is 3. The summed E-state index contributed by atoms with van der Waals surface area (Å²) >= 11 is 1.06. The molecule has 3 rings (SSSR count). The van der Waals surface area contributed by atoms with Gasteiger partial charge in [0.1, 0.15) is 0 Å². The second-order valence-corrected chi connectivity index (χ2v) is 4.99. The molecule has 1 aromatic carbocycles. The Balaban J connectivity index is 2.75. The van der Waals surface area contributed by atoms with Gasteiger partial charge in [-0.15, -0.1) is 11.3 Å². The number of hydrogen-bond donors (Lipinski definition) is 0. The topological polar surface area (TPSA) is 86.6 Å². The van der Waals surface area contributed by atoms with Crippen molar-refractivity contribution in [3.8, 4) is 0 Å². The van der Waals surface area contributed by atoms with Gasteiger partial charge in [-0.1, -0.05) is 12.1 Å². The monoisotopic (exact) mass is 277 g/mol. The van der Waals surface area contributed by atoms with Gasteiger partial charge in [-0.2, -0.15) is 0 Å². The molecule has 0 N–H and O–H groups in total. The molecule has 0 saturated heterocycles. The average Bonchev–Trinajstić information content (AvgIpc) is 2.74. The fourth-order valence-corrected chi connectivity index (χ4v) is 3.12. The number of aromatic nitrogens is 2. The molecule has 7 nitrogen and oxygen atoms in total. The van der Waals surface area contributed by atoms with E-state index in [-0.39, 0.29) is 4.83 Å². The van der Waals surface area contributed by atoms with Gasteiger partial charge in [0, 0.05) is 7.05 Å². The highest BCUT2D eigenvalue weighted by atomic mass is 32.1. The number of rotatable bonds is 1. The van der Waals surface area contributed by atoms with Gasteiger partial charge < -0.3 is 0 Å². The van der Waals surface area contributed by atoms with Gasteiger partial charge in [-0.3, -0.25) is 19.5 Å². The molecule has 96 valence electrons. The molecule has 0 aliphatic heterocycles. The number of nitro groups is 1. The lowest BCUT2D eigenvalue weighted by Gasteiger charge is -2.00. The van der Waals surface area contributed by atoms with Crippen molar-refractivity contribution in [3.63, 3.8) is 0 Å². The van der Waals surface area contributed by atoms with Crippen LogP contribution in [0.25, 0.3) is 15.0 Å². The molecule has 0 fully saturated rings. The zero-order chi connectivity index (χ0) is 13.7. The summed E-state index contributed by atoms with van der Waals surface area (Å²) in [7, 11) is 1.23. The highest BCUT2D eigenvalue weighted by molar-refractivity contribution is 7.24. The smallest absolute Gasteiger partial charge is 0.261 e. The van der Waals surface area contributed by atoms with E-state index in [0.29, 0.717) is 10.2 Å². The van der Waals surface area contributed by atoms with Crippen LogP contribution in [-0.4, -0.2) is 13.9 Å². The molecular weight excluding hydrogens is 270 g/mol. The molecule has 8 heteroatoms. The molecule has 0 atom stereocenters. The number of para-hydroxylation sites is 1. The van der Waals surface area contributed by atoms with Crippen LogP contribution >= 0.6 is 11.3 Å². The van der Waals surface area contributed by atoms with Gasteiger partial charge in [-0.25, -0.2) is 9.20 Å². The molecule has 2 aromatic heterocycles. The van der Waals surface area contributed by atoms with Crippen molar-refractivity contribution >= 4 is 32.1 Å². The van der Waals surface area contributed by atoms with E-state index in [2.05, 4.69) is 0 Å². The van der Waals surface area contributed by atoms with Gasteiger partial charge in [0.25, 0.3) is 0 Å². The third kappa shape index (κ3) is 1.43. The van der Waals surface area contributed by atoms with Crippen LogP contribution < -0.4 is 11.2 Å². The van der Waals surface area contributed by atoms with Crippen LogP contribution in [0.5, 0.6) is 0 Å². The second-order valence-electron chi connectivity index (χ2n) is 3.96. The Kier molecular flexibility index (Phi) is 2.29. The maximum Gasteiger partial charge on any atom is 0.368 e. The fourth-order valence-electron chi connectivity index (χ4n) is 1.97. The van der Waals surface area contributed by atoms with E-state index in [1.807, 2.05) is 0 Å². The third-order valence-electron chi connectivity index (χ3n) is 2.89. The summed E-state index contributed by atoms with van der Waals surface area (Å²) in [5, 5.41) is 11.1. The van der Waals surface area contributed by atoms with E-state index in [1.54, 1.807) is 24.3 Å². The first-order valence-corrected chi connectivity index (χ1v) is 6.11. The Morgan fingerprint density at radius 3 is 2.63 bits per heavy atom. The lowest BCUT2D eigenvalue weighted by atomic mass is 10.3. The summed E-state index contributed by atoms with van der Waals surface area (Å²) in [5.41, 5.74) is -1.47. The Labute approximate surface area is 109 Å². The molecule has 0 aliphatic carbocycles. The molecule has 0 aliphatic rings. The lowest BCUT2D eigenvalue weighted by molar-refractivity contribution is -0.384.